The molecule has 0 saturated carbocycles. The van der Waals surface area contributed by atoms with E-state index in [9.17, 15) is 13.2 Å². The monoisotopic (exact) mass is 395 g/mol. The van der Waals surface area contributed by atoms with Crippen molar-refractivity contribution in [2.24, 2.45) is 0 Å². The Balaban J connectivity index is 1.66. The molecule has 3 aromatic rings. The Bertz CT molecular complexity index is 1080. The largest absolute Gasteiger partial charge is 0.322 e. The average molecular weight is 395 g/mol. The second-order valence-electron chi connectivity index (χ2n) is 6.59. The number of nitrogens with one attached hydrogen (secondary N) is 2. The second-order valence-corrected chi connectivity index (χ2v) is 8.34. The van der Waals surface area contributed by atoms with Crippen molar-refractivity contribution in [3.8, 4) is 0 Å². The first-order valence-electron chi connectivity index (χ1n) is 8.68. The van der Waals surface area contributed by atoms with E-state index < -0.39 is 10.0 Å². The highest BCUT2D eigenvalue weighted by Gasteiger charge is 2.10. The van der Waals surface area contributed by atoms with E-state index in [0.29, 0.717) is 22.5 Å². The predicted octanol–water partition coefficient (Wildman–Crippen LogP) is 3.60. The molecule has 6 nitrogen and oxygen atoms in total. The van der Waals surface area contributed by atoms with Gasteiger partial charge in [-0.1, -0.05) is 12.1 Å². The van der Waals surface area contributed by atoms with Gasteiger partial charge in [0.1, 0.15) is 0 Å². The van der Waals surface area contributed by atoms with E-state index >= 15 is 0 Å². The highest BCUT2D eigenvalue weighted by molar-refractivity contribution is 7.92. The normalized spacial score (nSPS) is 11.1. The van der Waals surface area contributed by atoms with E-state index in [1.54, 1.807) is 37.5 Å². The lowest BCUT2D eigenvalue weighted by atomic mass is 10.1. The van der Waals surface area contributed by atoms with Crippen molar-refractivity contribution < 1.29 is 13.2 Å². The summed E-state index contributed by atoms with van der Waals surface area (Å²) in [4.78, 5) is 16.5. The van der Waals surface area contributed by atoms with Crippen LogP contribution in [0.5, 0.6) is 0 Å². The Morgan fingerprint density at radius 3 is 2.21 bits per heavy atom. The number of hydrogen-bond acceptors (Lipinski definition) is 4. The molecular formula is C21H21N3O3S. The summed E-state index contributed by atoms with van der Waals surface area (Å²) in [5.41, 5.74) is 4.59. The Hall–Kier alpha value is -3.19. The van der Waals surface area contributed by atoms with Gasteiger partial charge in [-0.15, -0.1) is 0 Å². The Kier molecular flexibility index (Phi) is 5.75. The van der Waals surface area contributed by atoms with Gasteiger partial charge in [0.05, 0.1) is 11.9 Å². The van der Waals surface area contributed by atoms with Crippen molar-refractivity contribution in [2.75, 3.05) is 16.3 Å². The van der Waals surface area contributed by atoms with Gasteiger partial charge in [-0.2, -0.15) is 0 Å². The molecule has 144 valence electrons. The molecule has 0 aliphatic heterocycles. The third-order valence-electron chi connectivity index (χ3n) is 4.15. The summed E-state index contributed by atoms with van der Waals surface area (Å²) in [5.74, 6) is -0.254. The molecule has 0 fully saturated rings. The van der Waals surface area contributed by atoms with Gasteiger partial charge in [-0.3, -0.25) is 14.5 Å². The highest BCUT2D eigenvalue weighted by atomic mass is 32.2. The van der Waals surface area contributed by atoms with E-state index in [0.717, 1.165) is 18.2 Å². The Labute approximate surface area is 164 Å². The molecule has 0 aliphatic carbocycles. The van der Waals surface area contributed by atoms with Gasteiger partial charge in [0, 0.05) is 23.6 Å². The molecule has 1 aromatic heterocycles. The van der Waals surface area contributed by atoms with Gasteiger partial charge < -0.3 is 5.32 Å². The second kappa shape index (κ2) is 8.22. The Morgan fingerprint density at radius 2 is 1.61 bits per heavy atom. The van der Waals surface area contributed by atoms with E-state index in [4.69, 9.17) is 0 Å². The van der Waals surface area contributed by atoms with Gasteiger partial charge >= 0.3 is 0 Å². The smallest absolute Gasteiger partial charge is 0.255 e. The zero-order chi connectivity index (χ0) is 20.1. The molecule has 0 spiro atoms. The standard InChI is InChI=1S/C21H21N3O3S/c1-15-13-18(5-8-20(15)24-28(2,26)27)21(25)23-19-6-3-16(4-7-19)14-17-9-11-22-12-10-17/h3-13,24H,14H2,1-2H3,(H,23,25). The summed E-state index contributed by atoms with van der Waals surface area (Å²) in [5, 5.41) is 2.86. The maximum Gasteiger partial charge on any atom is 0.255 e. The minimum absolute atomic E-state index is 0.254. The van der Waals surface area contributed by atoms with Crippen LogP contribution in [-0.2, 0) is 16.4 Å². The van der Waals surface area contributed by atoms with Crippen molar-refractivity contribution >= 4 is 27.3 Å². The maximum absolute atomic E-state index is 12.5. The summed E-state index contributed by atoms with van der Waals surface area (Å²) in [7, 11) is -3.36. The molecule has 0 radical (unpaired) electrons. The van der Waals surface area contributed by atoms with Gasteiger partial charge in [-0.05, 0) is 72.5 Å². The molecular weight excluding hydrogens is 374 g/mol. The topological polar surface area (TPSA) is 88.2 Å². The average Bonchev–Trinajstić information content (AvgIpc) is 2.65. The summed E-state index contributed by atoms with van der Waals surface area (Å²) in [6, 6.07) is 16.4. The number of aromatic nitrogens is 1. The molecule has 3 rings (SSSR count). The minimum Gasteiger partial charge on any atom is -0.322 e. The first-order chi connectivity index (χ1) is 13.3. The zero-order valence-electron chi connectivity index (χ0n) is 15.6. The number of amides is 1. The summed E-state index contributed by atoms with van der Waals surface area (Å²) < 4.78 is 25.2. The fourth-order valence-electron chi connectivity index (χ4n) is 2.76. The fraction of sp³-hybridized carbons (Fsp3) is 0.143. The molecule has 1 heterocycles. The van der Waals surface area contributed by atoms with E-state index in [1.807, 2.05) is 36.4 Å². The summed E-state index contributed by atoms with van der Waals surface area (Å²) >= 11 is 0. The predicted molar refractivity (Wildman–Crippen MR) is 111 cm³/mol. The number of anilines is 2. The maximum atomic E-state index is 12.5. The van der Waals surface area contributed by atoms with E-state index in [-0.39, 0.29) is 5.91 Å². The Morgan fingerprint density at radius 1 is 0.964 bits per heavy atom. The SMILES string of the molecule is Cc1cc(C(=O)Nc2ccc(Cc3ccncc3)cc2)ccc1NS(C)(=O)=O. The van der Waals surface area contributed by atoms with Crippen LogP contribution in [0.15, 0.2) is 67.0 Å². The molecule has 1 amide bonds. The molecule has 0 aliphatic rings. The van der Waals surface area contributed by atoms with Crippen LogP contribution in [0.4, 0.5) is 11.4 Å². The van der Waals surface area contributed by atoms with Crippen molar-refractivity contribution in [3.63, 3.8) is 0 Å². The van der Waals surface area contributed by atoms with Crippen LogP contribution >= 0.6 is 0 Å². The van der Waals surface area contributed by atoms with Crippen LogP contribution in [0.3, 0.4) is 0 Å². The van der Waals surface area contributed by atoms with Crippen LogP contribution in [0.25, 0.3) is 0 Å². The molecule has 0 unspecified atom stereocenters. The minimum atomic E-state index is -3.36. The molecule has 0 bridgehead atoms. The number of nitrogens with zero attached hydrogens (tertiary/aromatic N) is 1. The van der Waals surface area contributed by atoms with Crippen LogP contribution in [-0.4, -0.2) is 25.6 Å². The van der Waals surface area contributed by atoms with Gasteiger partial charge in [0.25, 0.3) is 5.91 Å². The number of sulfonamides is 1. The number of pyridine rings is 1. The lowest BCUT2D eigenvalue weighted by Gasteiger charge is -2.10. The van der Waals surface area contributed by atoms with Crippen molar-refractivity contribution in [2.45, 2.75) is 13.3 Å². The third kappa shape index (κ3) is 5.40. The van der Waals surface area contributed by atoms with Crippen molar-refractivity contribution in [1.82, 2.24) is 4.98 Å². The van der Waals surface area contributed by atoms with Crippen molar-refractivity contribution in [1.29, 1.82) is 0 Å². The molecule has 28 heavy (non-hydrogen) atoms. The first kappa shape index (κ1) is 19.6. The van der Waals surface area contributed by atoms with Gasteiger partial charge in [-0.25, -0.2) is 8.42 Å². The number of hydrogen-bond donors (Lipinski definition) is 2. The van der Waals surface area contributed by atoms with E-state index in [1.165, 1.54) is 5.56 Å². The lowest BCUT2D eigenvalue weighted by Crippen LogP contribution is -2.14. The lowest BCUT2D eigenvalue weighted by molar-refractivity contribution is 0.102. The van der Waals surface area contributed by atoms with Crippen molar-refractivity contribution in [3.05, 3.63) is 89.2 Å². The first-order valence-corrected chi connectivity index (χ1v) is 10.6. The van der Waals surface area contributed by atoms with Crippen LogP contribution in [0, 0.1) is 6.92 Å². The van der Waals surface area contributed by atoms with Gasteiger partial charge in [0.2, 0.25) is 10.0 Å². The highest BCUT2D eigenvalue weighted by Crippen LogP contribution is 2.19. The fourth-order valence-corrected chi connectivity index (χ4v) is 3.39. The molecule has 7 heteroatoms. The van der Waals surface area contributed by atoms with Crippen LogP contribution < -0.4 is 10.0 Å². The number of carbonyl (C=O) groups excluding carboxylic acids is 1. The molecule has 2 N–H and O–H groups in total. The number of benzene rings is 2. The van der Waals surface area contributed by atoms with Crippen LogP contribution in [0.1, 0.15) is 27.0 Å². The van der Waals surface area contributed by atoms with Gasteiger partial charge in [0.15, 0.2) is 0 Å². The quantitative estimate of drug-likeness (QED) is 0.667. The van der Waals surface area contributed by atoms with Crippen LogP contribution in [0.2, 0.25) is 0 Å². The third-order valence-corrected chi connectivity index (χ3v) is 4.74. The van der Waals surface area contributed by atoms with E-state index in [2.05, 4.69) is 15.0 Å². The number of aryl methyl sites for hydroxylation is 1. The number of carbonyl (C=O) groups is 1. The molecule has 0 atom stereocenters. The molecule has 0 saturated heterocycles. The summed E-state index contributed by atoms with van der Waals surface area (Å²) in [6.45, 7) is 1.75. The molecule has 2 aromatic carbocycles. The summed E-state index contributed by atoms with van der Waals surface area (Å²) in [6.07, 6.45) is 5.42. The number of rotatable bonds is 6. The zero-order valence-corrected chi connectivity index (χ0v) is 16.5.